The second-order valence-electron chi connectivity index (χ2n) is 7.86. The molecular formula is C21H25N3O4S. The van der Waals surface area contributed by atoms with Gasteiger partial charge in [0, 0.05) is 7.05 Å². The normalized spacial score (nSPS) is 15.3. The highest BCUT2D eigenvalue weighted by Gasteiger charge is 2.32. The molecule has 0 spiro atoms. The standard InChI is InChI=1S/C21H25N3O4S/c1-21(2,3)14-10-11-17(28-5)16(12-14)23-20(25)13-19-22-15-8-6-7-9-18(15)29(26,27)24(19)4/h6-12H,13H2,1-5H3,(H,23,25). The maximum Gasteiger partial charge on any atom is 0.267 e. The summed E-state index contributed by atoms with van der Waals surface area (Å²) in [4.78, 5) is 17.2. The van der Waals surface area contributed by atoms with E-state index in [1.165, 1.54) is 20.2 Å². The van der Waals surface area contributed by atoms with Crippen molar-refractivity contribution in [1.82, 2.24) is 4.31 Å². The van der Waals surface area contributed by atoms with Gasteiger partial charge >= 0.3 is 0 Å². The average Bonchev–Trinajstić information content (AvgIpc) is 2.65. The Labute approximate surface area is 171 Å². The fourth-order valence-electron chi connectivity index (χ4n) is 3.02. The van der Waals surface area contributed by atoms with Crippen LogP contribution in [-0.2, 0) is 20.2 Å². The molecule has 1 aliphatic rings. The number of nitrogens with one attached hydrogen (secondary N) is 1. The van der Waals surface area contributed by atoms with E-state index in [0.29, 0.717) is 17.1 Å². The van der Waals surface area contributed by atoms with E-state index in [2.05, 4.69) is 31.1 Å². The van der Waals surface area contributed by atoms with Crippen LogP contribution in [0.4, 0.5) is 11.4 Å². The molecule has 8 heteroatoms. The molecule has 2 aromatic carbocycles. The number of hydrogen-bond donors (Lipinski definition) is 1. The first-order chi connectivity index (χ1) is 13.5. The minimum Gasteiger partial charge on any atom is -0.495 e. The first-order valence-electron chi connectivity index (χ1n) is 9.18. The maximum absolute atomic E-state index is 12.7. The number of hydrogen-bond acceptors (Lipinski definition) is 5. The Morgan fingerprint density at radius 3 is 2.52 bits per heavy atom. The molecule has 0 atom stereocenters. The molecule has 0 saturated carbocycles. The van der Waals surface area contributed by atoms with Gasteiger partial charge in [0.05, 0.1) is 24.9 Å². The number of rotatable bonds is 4. The third-order valence-corrected chi connectivity index (χ3v) is 6.61. The number of sulfonamides is 1. The van der Waals surface area contributed by atoms with Crippen LogP contribution in [0.1, 0.15) is 32.8 Å². The summed E-state index contributed by atoms with van der Waals surface area (Å²) in [6.45, 7) is 6.23. The van der Waals surface area contributed by atoms with Crippen LogP contribution in [0.2, 0.25) is 0 Å². The van der Waals surface area contributed by atoms with E-state index in [1.54, 1.807) is 24.3 Å². The van der Waals surface area contributed by atoms with Gasteiger partial charge in [-0.15, -0.1) is 0 Å². The second kappa shape index (κ2) is 7.51. The number of nitrogens with zero attached hydrogens (tertiary/aromatic N) is 2. The van der Waals surface area contributed by atoms with Gasteiger partial charge in [-0.2, -0.15) is 0 Å². The third kappa shape index (κ3) is 4.12. The summed E-state index contributed by atoms with van der Waals surface area (Å²) in [7, 11) is -0.796. The molecule has 0 radical (unpaired) electrons. The van der Waals surface area contributed by atoms with E-state index < -0.39 is 10.0 Å². The van der Waals surface area contributed by atoms with Crippen LogP contribution >= 0.6 is 0 Å². The number of amides is 1. The van der Waals surface area contributed by atoms with Crippen molar-refractivity contribution in [1.29, 1.82) is 0 Å². The smallest absolute Gasteiger partial charge is 0.267 e. The van der Waals surface area contributed by atoms with Crippen molar-refractivity contribution < 1.29 is 17.9 Å². The van der Waals surface area contributed by atoms with Gasteiger partial charge in [0.2, 0.25) is 5.91 Å². The second-order valence-corrected chi connectivity index (χ2v) is 9.80. The average molecular weight is 416 g/mol. The van der Waals surface area contributed by atoms with Crippen LogP contribution in [-0.4, -0.2) is 38.6 Å². The highest BCUT2D eigenvalue weighted by Crippen LogP contribution is 2.33. The van der Waals surface area contributed by atoms with E-state index in [4.69, 9.17) is 4.74 Å². The van der Waals surface area contributed by atoms with E-state index in [9.17, 15) is 13.2 Å². The Morgan fingerprint density at radius 1 is 1.17 bits per heavy atom. The summed E-state index contributed by atoms with van der Waals surface area (Å²) in [5, 5.41) is 2.83. The van der Waals surface area contributed by atoms with Crippen molar-refractivity contribution in [2.75, 3.05) is 19.5 Å². The van der Waals surface area contributed by atoms with Crippen LogP contribution in [0.25, 0.3) is 0 Å². The molecule has 0 aliphatic carbocycles. The fourth-order valence-corrected chi connectivity index (χ4v) is 4.33. The largest absolute Gasteiger partial charge is 0.495 e. The molecule has 3 rings (SSSR count). The summed E-state index contributed by atoms with van der Waals surface area (Å²) < 4.78 is 31.8. The van der Waals surface area contributed by atoms with E-state index >= 15 is 0 Å². The van der Waals surface area contributed by atoms with Crippen LogP contribution in [0, 0.1) is 0 Å². The molecule has 1 heterocycles. The first-order valence-corrected chi connectivity index (χ1v) is 10.6. The molecule has 1 aliphatic heterocycles. The minimum absolute atomic E-state index is 0.1000. The summed E-state index contributed by atoms with van der Waals surface area (Å²) >= 11 is 0. The van der Waals surface area contributed by atoms with Gasteiger partial charge in [0.25, 0.3) is 10.0 Å². The first kappa shape index (κ1) is 20.9. The zero-order chi connectivity index (χ0) is 21.4. The maximum atomic E-state index is 12.7. The number of methoxy groups -OCH3 is 1. The van der Waals surface area contributed by atoms with Gasteiger partial charge in [0.1, 0.15) is 16.5 Å². The molecule has 0 fully saturated rings. The number of benzene rings is 2. The fraction of sp³-hybridized carbons (Fsp3) is 0.333. The van der Waals surface area contributed by atoms with Gasteiger partial charge < -0.3 is 10.1 Å². The van der Waals surface area contributed by atoms with Crippen LogP contribution in [0.3, 0.4) is 0 Å². The number of carbonyl (C=O) groups is 1. The van der Waals surface area contributed by atoms with Crippen molar-refractivity contribution in [3.05, 3.63) is 48.0 Å². The lowest BCUT2D eigenvalue weighted by molar-refractivity contribution is -0.115. The van der Waals surface area contributed by atoms with Crippen LogP contribution < -0.4 is 10.1 Å². The Bertz CT molecular complexity index is 1090. The van der Waals surface area contributed by atoms with E-state index in [-0.39, 0.29) is 28.5 Å². The molecule has 154 valence electrons. The number of anilines is 1. The highest BCUT2D eigenvalue weighted by atomic mass is 32.2. The SMILES string of the molecule is COc1ccc(C(C)(C)C)cc1NC(=O)CC1=Nc2ccccc2S(=O)(=O)N1C. The predicted molar refractivity (Wildman–Crippen MR) is 113 cm³/mol. The molecule has 0 unspecified atom stereocenters. The molecule has 1 amide bonds. The van der Waals surface area contributed by atoms with Crippen LogP contribution in [0.5, 0.6) is 5.75 Å². The van der Waals surface area contributed by atoms with Gasteiger partial charge in [0.15, 0.2) is 0 Å². The number of amidine groups is 1. The lowest BCUT2D eigenvalue weighted by Crippen LogP contribution is -2.37. The number of carbonyl (C=O) groups excluding carboxylic acids is 1. The molecule has 1 N–H and O–H groups in total. The summed E-state index contributed by atoms with van der Waals surface area (Å²) in [6, 6.07) is 12.1. The van der Waals surface area contributed by atoms with Crippen molar-refractivity contribution >= 4 is 33.1 Å². The summed E-state index contributed by atoms with van der Waals surface area (Å²) in [5.74, 6) is 0.310. The topological polar surface area (TPSA) is 88.1 Å². The lowest BCUT2D eigenvalue weighted by Gasteiger charge is -2.26. The number of aliphatic imine (C=N–C) groups is 1. The number of fused-ring (bicyclic) bond motifs is 1. The van der Waals surface area contributed by atoms with Gasteiger partial charge in [-0.25, -0.2) is 13.4 Å². The molecule has 0 saturated heterocycles. The lowest BCUT2D eigenvalue weighted by atomic mass is 9.87. The van der Waals surface area contributed by atoms with Crippen molar-refractivity contribution in [2.24, 2.45) is 4.99 Å². The minimum atomic E-state index is -3.73. The van der Waals surface area contributed by atoms with Crippen LogP contribution in [0.15, 0.2) is 52.4 Å². The van der Waals surface area contributed by atoms with E-state index in [1.807, 2.05) is 12.1 Å². The Kier molecular flexibility index (Phi) is 5.40. The van der Waals surface area contributed by atoms with Crippen molar-refractivity contribution in [3.63, 3.8) is 0 Å². The molecule has 0 aromatic heterocycles. The van der Waals surface area contributed by atoms with Gasteiger partial charge in [-0.05, 0) is 35.2 Å². The number of ether oxygens (including phenoxy) is 1. The van der Waals surface area contributed by atoms with Gasteiger partial charge in [-0.1, -0.05) is 39.0 Å². The van der Waals surface area contributed by atoms with Gasteiger partial charge in [-0.3, -0.25) is 9.10 Å². The highest BCUT2D eigenvalue weighted by molar-refractivity contribution is 7.90. The van der Waals surface area contributed by atoms with E-state index in [0.717, 1.165) is 9.87 Å². The monoisotopic (exact) mass is 415 g/mol. The molecule has 0 bridgehead atoms. The molecular weight excluding hydrogens is 390 g/mol. The predicted octanol–water partition coefficient (Wildman–Crippen LogP) is 3.69. The summed E-state index contributed by atoms with van der Waals surface area (Å²) in [5.41, 5.74) is 1.81. The number of para-hydroxylation sites is 1. The molecule has 2 aromatic rings. The Hall–Kier alpha value is -2.87. The van der Waals surface area contributed by atoms with Crippen molar-refractivity contribution in [3.8, 4) is 5.75 Å². The zero-order valence-corrected chi connectivity index (χ0v) is 18.0. The third-order valence-electron chi connectivity index (χ3n) is 4.77. The quantitative estimate of drug-likeness (QED) is 0.825. The molecule has 7 nitrogen and oxygen atoms in total. The Morgan fingerprint density at radius 2 is 1.86 bits per heavy atom. The molecule has 29 heavy (non-hydrogen) atoms. The van der Waals surface area contributed by atoms with Crippen molar-refractivity contribution in [2.45, 2.75) is 37.5 Å². The summed E-state index contributed by atoms with van der Waals surface area (Å²) in [6.07, 6.45) is -0.188. The zero-order valence-electron chi connectivity index (χ0n) is 17.2. The Balaban J connectivity index is 1.88.